The summed E-state index contributed by atoms with van der Waals surface area (Å²) < 4.78 is 26.9. The molecule has 24 heavy (non-hydrogen) atoms. The zero-order valence-electron chi connectivity index (χ0n) is 13.0. The fourth-order valence-corrected chi connectivity index (χ4v) is 2.83. The van der Waals surface area contributed by atoms with E-state index in [9.17, 15) is 19.1 Å². The maximum Gasteiger partial charge on any atom is 0.351 e. The number of aromatic nitrogens is 2. The lowest BCUT2D eigenvalue weighted by molar-refractivity contribution is -0.148. The molecule has 10 heteroatoms. The van der Waals surface area contributed by atoms with Crippen LogP contribution in [0.3, 0.4) is 0 Å². The molecule has 0 saturated carbocycles. The Morgan fingerprint density at radius 2 is 2.42 bits per heavy atom. The standard InChI is InChI=1S/C14H19ClFN3O5/c1-2-8(5-20)23-11-10(16)12(24-14(11,6-15)7-21)19-4-3-9(17)18-13(19)22/h3-5,8,10-12,21H,2,6-7H2,1H3,(H2,17,18,22)/t8?,10-,11+,12-,14-/m1/s1. The number of alkyl halides is 2. The molecule has 1 aromatic heterocycles. The molecule has 1 saturated heterocycles. The van der Waals surface area contributed by atoms with Crippen LogP contribution in [0.4, 0.5) is 10.2 Å². The third-order valence-corrected chi connectivity index (χ3v) is 4.38. The van der Waals surface area contributed by atoms with Crippen molar-refractivity contribution in [3.63, 3.8) is 0 Å². The lowest BCUT2D eigenvalue weighted by Crippen LogP contribution is -2.50. The largest absolute Gasteiger partial charge is 0.393 e. The molecule has 0 bridgehead atoms. The van der Waals surface area contributed by atoms with Gasteiger partial charge in [0.25, 0.3) is 0 Å². The highest BCUT2D eigenvalue weighted by atomic mass is 35.5. The lowest BCUT2D eigenvalue weighted by Gasteiger charge is -2.31. The second-order valence-electron chi connectivity index (χ2n) is 5.49. The van der Waals surface area contributed by atoms with Crippen LogP contribution >= 0.6 is 11.6 Å². The second-order valence-corrected chi connectivity index (χ2v) is 5.76. The first-order valence-electron chi connectivity index (χ1n) is 7.36. The van der Waals surface area contributed by atoms with Crippen molar-refractivity contribution in [2.24, 2.45) is 0 Å². The van der Waals surface area contributed by atoms with Gasteiger partial charge in [-0.05, 0) is 12.5 Å². The average Bonchev–Trinajstić information content (AvgIpc) is 2.85. The minimum Gasteiger partial charge on any atom is -0.393 e. The number of anilines is 1. The van der Waals surface area contributed by atoms with E-state index in [1.165, 1.54) is 12.3 Å². The topological polar surface area (TPSA) is 117 Å². The van der Waals surface area contributed by atoms with Crippen molar-refractivity contribution >= 4 is 23.7 Å². The normalized spacial score (nSPS) is 31.1. The molecular formula is C14H19ClFN3O5. The summed E-state index contributed by atoms with van der Waals surface area (Å²) in [7, 11) is 0. The maximum absolute atomic E-state index is 15.0. The number of aliphatic hydroxyl groups is 1. The number of nitrogen functional groups attached to an aromatic ring is 1. The molecular weight excluding hydrogens is 345 g/mol. The van der Waals surface area contributed by atoms with Gasteiger partial charge in [-0.15, -0.1) is 11.6 Å². The van der Waals surface area contributed by atoms with E-state index in [0.29, 0.717) is 12.7 Å². The number of ether oxygens (including phenoxy) is 2. The van der Waals surface area contributed by atoms with E-state index >= 15 is 0 Å². The van der Waals surface area contributed by atoms with Gasteiger partial charge in [0.15, 0.2) is 12.4 Å². The number of carbonyl (C=O) groups is 1. The number of nitrogens with two attached hydrogens (primary N) is 1. The highest BCUT2D eigenvalue weighted by molar-refractivity contribution is 6.18. The minimum absolute atomic E-state index is 0.0183. The van der Waals surface area contributed by atoms with Crippen molar-refractivity contribution in [1.29, 1.82) is 0 Å². The summed E-state index contributed by atoms with van der Waals surface area (Å²) in [5.41, 5.74) is 3.00. The van der Waals surface area contributed by atoms with Gasteiger partial charge in [-0.1, -0.05) is 6.92 Å². The van der Waals surface area contributed by atoms with Crippen LogP contribution in [0.1, 0.15) is 19.6 Å². The summed E-state index contributed by atoms with van der Waals surface area (Å²) in [5, 5.41) is 9.67. The Bertz CT molecular complexity index is 639. The lowest BCUT2D eigenvalue weighted by atomic mass is 9.98. The molecule has 3 N–H and O–H groups in total. The number of nitrogens with zero attached hydrogens (tertiary/aromatic N) is 2. The van der Waals surface area contributed by atoms with Crippen LogP contribution < -0.4 is 11.4 Å². The monoisotopic (exact) mass is 363 g/mol. The SMILES string of the molecule is CCC(C=O)O[C@H]1[C@@H](F)[C@H](n2ccc(N)nc2=O)O[C@@]1(CO)CCl. The van der Waals surface area contributed by atoms with E-state index in [1.807, 2.05) is 0 Å². The summed E-state index contributed by atoms with van der Waals surface area (Å²) in [6.45, 7) is 1.04. The van der Waals surface area contributed by atoms with Crippen molar-refractivity contribution in [2.75, 3.05) is 18.2 Å². The number of rotatable bonds is 7. The van der Waals surface area contributed by atoms with Crippen molar-refractivity contribution in [2.45, 2.75) is 43.6 Å². The zero-order valence-corrected chi connectivity index (χ0v) is 13.7. The smallest absolute Gasteiger partial charge is 0.351 e. The van der Waals surface area contributed by atoms with Gasteiger partial charge < -0.3 is 25.1 Å². The Hall–Kier alpha value is -1.55. The second kappa shape index (κ2) is 7.56. The first kappa shape index (κ1) is 18.8. The fourth-order valence-electron chi connectivity index (χ4n) is 2.53. The van der Waals surface area contributed by atoms with E-state index in [-0.39, 0.29) is 11.7 Å². The molecule has 0 amide bonds. The molecule has 0 radical (unpaired) electrons. The molecule has 0 spiro atoms. The van der Waals surface area contributed by atoms with Crippen LogP contribution in [-0.2, 0) is 14.3 Å². The highest BCUT2D eigenvalue weighted by Gasteiger charge is 2.57. The van der Waals surface area contributed by atoms with Crippen molar-refractivity contribution in [3.8, 4) is 0 Å². The van der Waals surface area contributed by atoms with Gasteiger partial charge in [-0.3, -0.25) is 4.57 Å². The molecule has 5 atom stereocenters. The summed E-state index contributed by atoms with van der Waals surface area (Å²) in [6.07, 6.45) is -3.40. The van der Waals surface area contributed by atoms with Gasteiger partial charge in [0.1, 0.15) is 29.9 Å². The summed E-state index contributed by atoms with van der Waals surface area (Å²) >= 11 is 5.87. The van der Waals surface area contributed by atoms with Gasteiger partial charge in [0, 0.05) is 6.20 Å². The third kappa shape index (κ3) is 3.30. The highest BCUT2D eigenvalue weighted by Crippen LogP contribution is 2.41. The number of hydrogen-bond acceptors (Lipinski definition) is 7. The zero-order chi connectivity index (χ0) is 17.9. The predicted molar refractivity (Wildman–Crippen MR) is 83.5 cm³/mol. The van der Waals surface area contributed by atoms with Crippen molar-refractivity contribution in [3.05, 3.63) is 22.7 Å². The first-order chi connectivity index (χ1) is 11.4. The number of aliphatic hydroxyl groups excluding tert-OH is 1. The average molecular weight is 364 g/mol. The van der Waals surface area contributed by atoms with Crippen LogP contribution in [0.15, 0.2) is 17.1 Å². The molecule has 2 rings (SSSR count). The fraction of sp³-hybridized carbons (Fsp3) is 0.643. The van der Waals surface area contributed by atoms with E-state index in [2.05, 4.69) is 4.98 Å². The molecule has 1 aromatic rings. The van der Waals surface area contributed by atoms with Crippen molar-refractivity contribution < 1.29 is 23.8 Å². The minimum atomic E-state index is -1.85. The maximum atomic E-state index is 15.0. The van der Waals surface area contributed by atoms with E-state index in [4.69, 9.17) is 26.8 Å². The Labute approximate surface area is 142 Å². The van der Waals surface area contributed by atoms with Gasteiger partial charge in [0.2, 0.25) is 0 Å². The number of hydrogen-bond donors (Lipinski definition) is 2. The van der Waals surface area contributed by atoms with Crippen LogP contribution in [0.2, 0.25) is 0 Å². The van der Waals surface area contributed by atoms with Crippen LogP contribution in [-0.4, -0.2) is 57.4 Å². The molecule has 1 fully saturated rings. The van der Waals surface area contributed by atoms with Crippen molar-refractivity contribution in [1.82, 2.24) is 9.55 Å². The summed E-state index contributed by atoms with van der Waals surface area (Å²) in [6, 6.07) is 1.31. The molecule has 1 aliphatic heterocycles. The Morgan fingerprint density at radius 3 is 2.92 bits per heavy atom. The van der Waals surface area contributed by atoms with Crippen LogP contribution in [0.25, 0.3) is 0 Å². The summed E-state index contributed by atoms with van der Waals surface area (Å²) in [4.78, 5) is 26.4. The quantitative estimate of drug-likeness (QED) is 0.518. The van der Waals surface area contributed by atoms with Gasteiger partial charge >= 0.3 is 5.69 Å². The van der Waals surface area contributed by atoms with Gasteiger partial charge in [-0.25, -0.2) is 9.18 Å². The molecule has 1 aliphatic rings. The third-order valence-electron chi connectivity index (χ3n) is 3.93. The first-order valence-corrected chi connectivity index (χ1v) is 7.90. The molecule has 0 aromatic carbocycles. The molecule has 2 heterocycles. The van der Waals surface area contributed by atoms with Crippen LogP contribution in [0.5, 0.6) is 0 Å². The Morgan fingerprint density at radius 1 is 1.71 bits per heavy atom. The molecule has 1 unspecified atom stereocenters. The molecule has 0 aliphatic carbocycles. The predicted octanol–water partition coefficient (Wildman–Crippen LogP) is 0.0250. The number of carbonyl (C=O) groups excluding carboxylic acids is 1. The van der Waals surface area contributed by atoms with Gasteiger partial charge in [-0.2, -0.15) is 4.98 Å². The van der Waals surface area contributed by atoms with Crippen LogP contribution in [0, 0.1) is 0 Å². The van der Waals surface area contributed by atoms with E-state index < -0.39 is 42.5 Å². The van der Waals surface area contributed by atoms with E-state index in [0.717, 1.165) is 4.57 Å². The number of aldehydes is 1. The van der Waals surface area contributed by atoms with E-state index in [1.54, 1.807) is 6.92 Å². The molecule has 8 nitrogen and oxygen atoms in total. The Balaban J connectivity index is 2.39. The Kier molecular flexibility index (Phi) is 5.92. The number of halogens is 2. The molecule has 134 valence electrons. The summed E-state index contributed by atoms with van der Waals surface area (Å²) in [5.74, 6) is -0.312. The van der Waals surface area contributed by atoms with Gasteiger partial charge in [0.05, 0.1) is 12.5 Å².